The van der Waals surface area contributed by atoms with Crippen LogP contribution in [0, 0.1) is 6.92 Å². The molecule has 0 radical (unpaired) electrons. The van der Waals surface area contributed by atoms with Gasteiger partial charge in [-0.05, 0) is 29.7 Å². The highest BCUT2D eigenvalue weighted by Crippen LogP contribution is 2.11. The first kappa shape index (κ1) is 11.5. The first-order chi connectivity index (χ1) is 8.20. The molecule has 4 nitrogen and oxygen atoms in total. The predicted octanol–water partition coefficient (Wildman–Crippen LogP) is 1.06. The van der Waals surface area contributed by atoms with Crippen LogP contribution in [-0.2, 0) is 13.1 Å². The molecule has 2 rings (SSSR count). The minimum absolute atomic E-state index is 0.0881. The van der Waals surface area contributed by atoms with Gasteiger partial charge >= 0.3 is 0 Å². The van der Waals surface area contributed by atoms with Crippen LogP contribution in [0.15, 0.2) is 41.3 Å². The fourth-order valence-electron chi connectivity index (χ4n) is 1.73. The highest BCUT2D eigenvalue weighted by molar-refractivity contribution is 5.31. The molecular formula is C13H15N3O. The Bertz CT molecular complexity index is 575. The van der Waals surface area contributed by atoms with Gasteiger partial charge in [0.05, 0.1) is 6.54 Å². The van der Waals surface area contributed by atoms with E-state index in [1.807, 2.05) is 25.1 Å². The Morgan fingerprint density at radius 1 is 1.35 bits per heavy atom. The quantitative estimate of drug-likeness (QED) is 0.856. The molecule has 0 unspecified atom stereocenters. The van der Waals surface area contributed by atoms with E-state index in [4.69, 9.17) is 5.73 Å². The van der Waals surface area contributed by atoms with Gasteiger partial charge in [0.1, 0.15) is 0 Å². The normalized spacial score (nSPS) is 10.5. The summed E-state index contributed by atoms with van der Waals surface area (Å²) in [4.78, 5) is 11.5. The Hall–Kier alpha value is -1.94. The van der Waals surface area contributed by atoms with E-state index in [2.05, 4.69) is 5.10 Å². The zero-order chi connectivity index (χ0) is 12.3. The van der Waals surface area contributed by atoms with Crippen LogP contribution in [0.2, 0.25) is 0 Å². The second-order valence-electron chi connectivity index (χ2n) is 3.98. The smallest absolute Gasteiger partial charge is 0.267 e. The molecule has 1 aromatic heterocycles. The first-order valence-corrected chi connectivity index (χ1v) is 5.51. The van der Waals surface area contributed by atoms with E-state index in [0.29, 0.717) is 13.1 Å². The minimum Gasteiger partial charge on any atom is -0.326 e. The number of hydrogen-bond donors (Lipinski definition) is 1. The third-order valence-electron chi connectivity index (χ3n) is 2.75. The highest BCUT2D eigenvalue weighted by atomic mass is 16.1. The van der Waals surface area contributed by atoms with E-state index >= 15 is 0 Å². The summed E-state index contributed by atoms with van der Waals surface area (Å²) in [6.07, 6.45) is 1.62. The summed E-state index contributed by atoms with van der Waals surface area (Å²) >= 11 is 0. The molecule has 0 saturated carbocycles. The van der Waals surface area contributed by atoms with E-state index in [1.54, 1.807) is 12.3 Å². The average molecular weight is 229 g/mol. The van der Waals surface area contributed by atoms with Crippen molar-refractivity contribution in [2.24, 2.45) is 5.73 Å². The van der Waals surface area contributed by atoms with Crippen LogP contribution in [0.4, 0.5) is 0 Å². The lowest BCUT2D eigenvalue weighted by Gasteiger charge is -2.08. The third-order valence-corrected chi connectivity index (χ3v) is 2.75. The van der Waals surface area contributed by atoms with Gasteiger partial charge in [-0.25, -0.2) is 4.68 Å². The molecule has 0 bridgehead atoms. The number of benzene rings is 1. The van der Waals surface area contributed by atoms with Gasteiger partial charge in [0.2, 0.25) is 0 Å². The summed E-state index contributed by atoms with van der Waals surface area (Å²) in [6, 6.07) is 9.18. The molecule has 2 N–H and O–H groups in total. The van der Waals surface area contributed by atoms with Gasteiger partial charge in [-0.15, -0.1) is 0 Å². The summed E-state index contributed by atoms with van der Waals surface area (Å²) in [5, 5.41) is 4.04. The van der Waals surface area contributed by atoms with E-state index in [9.17, 15) is 4.79 Å². The molecular weight excluding hydrogens is 214 g/mol. The molecule has 0 aliphatic heterocycles. The zero-order valence-corrected chi connectivity index (χ0v) is 9.76. The van der Waals surface area contributed by atoms with Crippen molar-refractivity contribution in [3.8, 4) is 0 Å². The average Bonchev–Trinajstić information content (AvgIpc) is 2.34. The van der Waals surface area contributed by atoms with Gasteiger partial charge in [0, 0.05) is 18.8 Å². The highest BCUT2D eigenvalue weighted by Gasteiger charge is 2.02. The van der Waals surface area contributed by atoms with Crippen LogP contribution in [0.3, 0.4) is 0 Å². The van der Waals surface area contributed by atoms with Crippen LogP contribution >= 0.6 is 0 Å². The largest absolute Gasteiger partial charge is 0.326 e. The Morgan fingerprint density at radius 2 is 2.18 bits per heavy atom. The van der Waals surface area contributed by atoms with Crippen molar-refractivity contribution in [1.82, 2.24) is 9.78 Å². The molecule has 1 aromatic carbocycles. The molecule has 0 aliphatic carbocycles. The summed E-state index contributed by atoms with van der Waals surface area (Å²) in [6.45, 7) is 3.05. The molecule has 17 heavy (non-hydrogen) atoms. The molecule has 4 heteroatoms. The van der Waals surface area contributed by atoms with E-state index < -0.39 is 0 Å². The van der Waals surface area contributed by atoms with Crippen molar-refractivity contribution in [1.29, 1.82) is 0 Å². The lowest BCUT2D eigenvalue weighted by molar-refractivity contribution is 0.636. The molecule has 0 atom stereocenters. The second-order valence-corrected chi connectivity index (χ2v) is 3.98. The summed E-state index contributed by atoms with van der Waals surface area (Å²) in [5.41, 5.74) is 8.80. The Morgan fingerprint density at radius 3 is 2.82 bits per heavy atom. The van der Waals surface area contributed by atoms with Gasteiger partial charge in [-0.2, -0.15) is 5.10 Å². The molecule has 0 spiro atoms. The SMILES string of the molecule is Cc1cc(CN)ccc1Cn1ncccc1=O. The van der Waals surface area contributed by atoms with E-state index in [0.717, 1.165) is 16.7 Å². The van der Waals surface area contributed by atoms with Crippen molar-refractivity contribution >= 4 is 0 Å². The first-order valence-electron chi connectivity index (χ1n) is 5.51. The number of nitrogens with two attached hydrogens (primary N) is 1. The van der Waals surface area contributed by atoms with Crippen molar-refractivity contribution in [3.63, 3.8) is 0 Å². The van der Waals surface area contributed by atoms with Crippen LogP contribution in [0.1, 0.15) is 16.7 Å². The Kier molecular flexibility index (Phi) is 3.35. The zero-order valence-electron chi connectivity index (χ0n) is 9.76. The number of aromatic nitrogens is 2. The topological polar surface area (TPSA) is 60.9 Å². The van der Waals surface area contributed by atoms with Crippen LogP contribution < -0.4 is 11.3 Å². The van der Waals surface area contributed by atoms with Gasteiger partial charge in [-0.1, -0.05) is 18.2 Å². The van der Waals surface area contributed by atoms with E-state index in [1.165, 1.54) is 10.7 Å². The number of nitrogens with zero attached hydrogens (tertiary/aromatic N) is 2. The van der Waals surface area contributed by atoms with Gasteiger partial charge in [0.25, 0.3) is 5.56 Å². The second kappa shape index (κ2) is 4.93. The van der Waals surface area contributed by atoms with Crippen LogP contribution in [0.5, 0.6) is 0 Å². The Labute approximate surface area is 99.7 Å². The number of aryl methyl sites for hydroxylation is 1. The standard InChI is InChI=1S/C13H15N3O/c1-10-7-11(8-14)4-5-12(10)9-16-13(17)3-2-6-15-16/h2-7H,8-9,14H2,1H3. The summed E-state index contributed by atoms with van der Waals surface area (Å²) in [5.74, 6) is 0. The molecule has 1 heterocycles. The summed E-state index contributed by atoms with van der Waals surface area (Å²) in [7, 11) is 0. The monoisotopic (exact) mass is 229 g/mol. The van der Waals surface area contributed by atoms with Crippen LogP contribution in [0.25, 0.3) is 0 Å². The minimum atomic E-state index is -0.0881. The lowest BCUT2D eigenvalue weighted by atomic mass is 10.1. The molecule has 2 aromatic rings. The maximum absolute atomic E-state index is 11.5. The number of hydrogen-bond acceptors (Lipinski definition) is 3. The van der Waals surface area contributed by atoms with Gasteiger partial charge in [-0.3, -0.25) is 4.79 Å². The molecule has 88 valence electrons. The fraction of sp³-hybridized carbons (Fsp3) is 0.231. The van der Waals surface area contributed by atoms with Crippen LogP contribution in [-0.4, -0.2) is 9.78 Å². The maximum Gasteiger partial charge on any atom is 0.267 e. The molecule has 0 fully saturated rings. The predicted molar refractivity (Wildman–Crippen MR) is 66.7 cm³/mol. The van der Waals surface area contributed by atoms with Crippen molar-refractivity contribution in [2.45, 2.75) is 20.0 Å². The van der Waals surface area contributed by atoms with Crippen molar-refractivity contribution in [3.05, 3.63) is 63.6 Å². The lowest BCUT2D eigenvalue weighted by Crippen LogP contribution is -2.22. The Balaban J connectivity index is 2.31. The molecule has 0 saturated heterocycles. The molecule has 0 amide bonds. The third kappa shape index (κ3) is 2.60. The van der Waals surface area contributed by atoms with Crippen molar-refractivity contribution < 1.29 is 0 Å². The van der Waals surface area contributed by atoms with E-state index in [-0.39, 0.29) is 5.56 Å². The van der Waals surface area contributed by atoms with Gasteiger partial charge in [0.15, 0.2) is 0 Å². The maximum atomic E-state index is 11.5. The fourth-order valence-corrected chi connectivity index (χ4v) is 1.73. The van der Waals surface area contributed by atoms with Gasteiger partial charge < -0.3 is 5.73 Å². The molecule has 0 aliphatic rings. The summed E-state index contributed by atoms with van der Waals surface area (Å²) < 4.78 is 1.45. The number of rotatable bonds is 3. The van der Waals surface area contributed by atoms with Crippen molar-refractivity contribution in [2.75, 3.05) is 0 Å².